The van der Waals surface area contributed by atoms with Gasteiger partial charge in [-0.15, -0.1) is 0 Å². The Bertz CT molecular complexity index is 1370. The standard InChI is InChI=1S/C25H23ClN4/c1-25(2,3)30-15-21(20-13-27-16-28-24(20)30)17-8-9-23-18(12-17)10-11-29(23)14-19-6-4-5-7-22(19)26/h4-13,15-16H,14H2,1-3H3. The second-order valence-electron chi connectivity index (χ2n) is 8.65. The molecule has 0 radical (unpaired) electrons. The zero-order valence-corrected chi connectivity index (χ0v) is 18.1. The number of fused-ring (bicyclic) bond motifs is 2. The number of hydrogen-bond acceptors (Lipinski definition) is 2. The molecule has 5 rings (SSSR count). The topological polar surface area (TPSA) is 35.6 Å². The molecule has 0 aliphatic rings. The molecule has 0 saturated carbocycles. The van der Waals surface area contributed by atoms with Crippen LogP contribution in [0.25, 0.3) is 33.1 Å². The van der Waals surface area contributed by atoms with Gasteiger partial charge in [-0.25, -0.2) is 9.97 Å². The molecule has 0 N–H and O–H groups in total. The molecule has 0 aliphatic carbocycles. The average molecular weight is 415 g/mol. The molecule has 0 saturated heterocycles. The second kappa shape index (κ2) is 6.99. The first kappa shape index (κ1) is 18.9. The van der Waals surface area contributed by atoms with Gasteiger partial charge in [0.25, 0.3) is 0 Å². The molecule has 30 heavy (non-hydrogen) atoms. The van der Waals surface area contributed by atoms with Crippen LogP contribution in [0.4, 0.5) is 0 Å². The third kappa shape index (κ3) is 3.17. The summed E-state index contributed by atoms with van der Waals surface area (Å²) in [6.45, 7) is 7.32. The Labute approximate surface area is 180 Å². The lowest BCUT2D eigenvalue weighted by atomic mass is 10.0. The van der Waals surface area contributed by atoms with E-state index >= 15 is 0 Å². The highest BCUT2D eigenvalue weighted by Crippen LogP contribution is 2.34. The summed E-state index contributed by atoms with van der Waals surface area (Å²) in [5, 5.41) is 3.07. The number of aromatic nitrogens is 4. The summed E-state index contributed by atoms with van der Waals surface area (Å²) in [6.07, 6.45) is 7.85. The SMILES string of the molecule is CC(C)(C)n1cc(-c2ccc3c(ccn3Cc3ccccc3Cl)c2)c2cncnc21. The number of halogens is 1. The first-order chi connectivity index (χ1) is 14.4. The molecule has 5 heteroatoms. The Morgan fingerprint density at radius 2 is 1.87 bits per heavy atom. The van der Waals surface area contributed by atoms with Gasteiger partial charge in [-0.2, -0.15) is 0 Å². The summed E-state index contributed by atoms with van der Waals surface area (Å²) in [5.74, 6) is 0. The maximum Gasteiger partial charge on any atom is 0.144 e. The zero-order chi connectivity index (χ0) is 20.9. The fraction of sp³-hybridized carbons (Fsp3) is 0.200. The van der Waals surface area contributed by atoms with Gasteiger partial charge in [-0.1, -0.05) is 35.9 Å². The predicted molar refractivity (Wildman–Crippen MR) is 124 cm³/mol. The molecule has 0 unspecified atom stereocenters. The molecule has 0 bridgehead atoms. The van der Waals surface area contributed by atoms with Crippen molar-refractivity contribution in [3.63, 3.8) is 0 Å². The van der Waals surface area contributed by atoms with Crippen molar-refractivity contribution in [3.8, 4) is 11.1 Å². The van der Waals surface area contributed by atoms with Gasteiger partial charge < -0.3 is 9.13 Å². The monoisotopic (exact) mass is 414 g/mol. The zero-order valence-electron chi connectivity index (χ0n) is 17.3. The normalized spacial score (nSPS) is 12.1. The molecule has 3 aromatic heterocycles. The average Bonchev–Trinajstić information content (AvgIpc) is 3.31. The first-order valence-corrected chi connectivity index (χ1v) is 10.4. The molecule has 4 nitrogen and oxygen atoms in total. The van der Waals surface area contributed by atoms with Crippen LogP contribution in [0.5, 0.6) is 0 Å². The van der Waals surface area contributed by atoms with Crippen LogP contribution >= 0.6 is 11.6 Å². The lowest BCUT2D eigenvalue weighted by Gasteiger charge is -2.21. The van der Waals surface area contributed by atoms with Gasteiger partial charge >= 0.3 is 0 Å². The molecular weight excluding hydrogens is 392 g/mol. The Morgan fingerprint density at radius 3 is 2.67 bits per heavy atom. The minimum Gasteiger partial charge on any atom is -0.343 e. The van der Waals surface area contributed by atoms with Crippen molar-refractivity contribution in [1.82, 2.24) is 19.1 Å². The lowest BCUT2D eigenvalue weighted by Crippen LogP contribution is -2.20. The van der Waals surface area contributed by atoms with Crippen LogP contribution in [0.2, 0.25) is 5.02 Å². The Kier molecular flexibility index (Phi) is 4.40. The molecule has 3 heterocycles. The lowest BCUT2D eigenvalue weighted by molar-refractivity contribution is 0.408. The molecule has 0 aliphatic heterocycles. The Morgan fingerprint density at radius 1 is 1.03 bits per heavy atom. The molecular formula is C25H23ClN4. The quantitative estimate of drug-likeness (QED) is 0.337. The van der Waals surface area contributed by atoms with Crippen LogP contribution in [0.1, 0.15) is 26.3 Å². The smallest absolute Gasteiger partial charge is 0.144 e. The molecule has 5 aromatic rings. The fourth-order valence-corrected chi connectivity index (χ4v) is 4.22. The van der Waals surface area contributed by atoms with E-state index in [1.807, 2.05) is 24.4 Å². The highest BCUT2D eigenvalue weighted by atomic mass is 35.5. The molecule has 150 valence electrons. The number of benzene rings is 2. The fourth-order valence-electron chi connectivity index (χ4n) is 4.02. The van der Waals surface area contributed by atoms with E-state index in [9.17, 15) is 0 Å². The van der Waals surface area contributed by atoms with Gasteiger partial charge in [0.15, 0.2) is 0 Å². The van der Waals surface area contributed by atoms with Crippen LogP contribution in [-0.2, 0) is 12.1 Å². The second-order valence-corrected chi connectivity index (χ2v) is 9.06. The largest absolute Gasteiger partial charge is 0.343 e. The van der Waals surface area contributed by atoms with Crippen LogP contribution in [0, 0.1) is 0 Å². The highest BCUT2D eigenvalue weighted by molar-refractivity contribution is 6.31. The Hall–Kier alpha value is -3.11. The van der Waals surface area contributed by atoms with Gasteiger partial charge in [-0.3, -0.25) is 0 Å². The van der Waals surface area contributed by atoms with Crippen molar-refractivity contribution < 1.29 is 0 Å². The van der Waals surface area contributed by atoms with E-state index in [0.29, 0.717) is 0 Å². The third-order valence-corrected chi connectivity index (χ3v) is 5.94. The van der Waals surface area contributed by atoms with Gasteiger partial charge in [0.2, 0.25) is 0 Å². The van der Waals surface area contributed by atoms with E-state index < -0.39 is 0 Å². The number of nitrogens with zero attached hydrogens (tertiary/aromatic N) is 4. The van der Waals surface area contributed by atoms with Gasteiger partial charge in [0, 0.05) is 57.5 Å². The highest BCUT2D eigenvalue weighted by Gasteiger charge is 2.20. The van der Waals surface area contributed by atoms with Crippen molar-refractivity contribution in [2.45, 2.75) is 32.9 Å². The van der Waals surface area contributed by atoms with Crippen molar-refractivity contribution in [1.29, 1.82) is 0 Å². The van der Waals surface area contributed by atoms with E-state index in [1.165, 1.54) is 16.5 Å². The Balaban J connectivity index is 1.60. The van der Waals surface area contributed by atoms with Crippen LogP contribution < -0.4 is 0 Å². The van der Waals surface area contributed by atoms with Crippen molar-refractivity contribution in [2.24, 2.45) is 0 Å². The van der Waals surface area contributed by atoms with E-state index in [-0.39, 0.29) is 5.54 Å². The molecule has 0 atom stereocenters. The first-order valence-electron chi connectivity index (χ1n) is 10.1. The van der Waals surface area contributed by atoms with Gasteiger partial charge in [0.05, 0.1) is 0 Å². The molecule has 0 spiro atoms. The molecule has 0 fully saturated rings. The number of hydrogen-bond donors (Lipinski definition) is 0. The minimum absolute atomic E-state index is 0.0623. The van der Waals surface area contributed by atoms with Crippen molar-refractivity contribution in [3.05, 3.63) is 84.0 Å². The summed E-state index contributed by atoms with van der Waals surface area (Å²) in [6, 6.07) is 16.8. The summed E-state index contributed by atoms with van der Waals surface area (Å²) in [7, 11) is 0. The van der Waals surface area contributed by atoms with Crippen molar-refractivity contribution in [2.75, 3.05) is 0 Å². The summed E-state index contributed by atoms with van der Waals surface area (Å²) < 4.78 is 4.47. The summed E-state index contributed by atoms with van der Waals surface area (Å²) in [4.78, 5) is 8.83. The van der Waals surface area contributed by atoms with Crippen molar-refractivity contribution >= 4 is 33.5 Å². The van der Waals surface area contributed by atoms with Gasteiger partial charge in [-0.05, 0) is 56.2 Å². The summed E-state index contributed by atoms with van der Waals surface area (Å²) >= 11 is 6.36. The van der Waals surface area contributed by atoms with E-state index in [4.69, 9.17) is 11.6 Å². The van der Waals surface area contributed by atoms with Gasteiger partial charge in [0.1, 0.15) is 12.0 Å². The van der Waals surface area contributed by atoms with Crippen LogP contribution in [0.3, 0.4) is 0 Å². The number of rotatable bonds is 3. The maximum atomic E-state index is 6.36. The van der Waals surface area contributed by atoms with E-state index in [1.54, 1.807) is 6.33 Å². The molecule has 0 amide bonds. The summed E-state index contributed by atoms with van der Waals surface area (Å²) in [5.41, 5.74) is 5.53. The van der Waals surface area contributed by atoms with E-state index in [2.05, 4.69) is 82.6 Å². The predicted octanol–water partition coefficient (Wildman–Crippen LogP) is 6.51. The van der Waals surface area contributed by atoms with Crippen LogP contribution in [-0.4, -0.2) is 19.1 Å². The third-order valence-electron chi connectivity index (χ3n) is 5.57. The van der Waals surface area contributed by atoms with E-state index in [0.717, 1.165) is 33.7 Å². The molecule has 2 aromatic carbocycles. The van der Waals surface area contributed by atoms with Crippen LogP contribution in [0.15, 0.2) is 73.4 Å². The minimum atomic E-state index is -0.0623. The maximum absolute atomic E-state index is 6.36.